The number of rotatable bonds is 17. The number of hydrazine groups is 1. The summed E-state index contributed by atoms with van der Waals surface area (Å²) in [5.74, 6) is -1.46. The van der Waals surface area contributed by atoms with Crippen molar-refractivity contribution >= 4 is 31.2 Å². The first-order valence-corrected chi connectivity index (χ1v) is 10.9. The van der Waals surface area contributed by atoms with E-state index in [9.17, 15) is 24.7 Å². The predicted molar refractivity (Wildman–Crippen MR) is 124 cm³/mol. The number of nitrogens with one attached hydrogen (secondary N) is 3. The van der Waals surface area contributed by atoms with E-state index >= 15 is 0 Å². The van der Waals surface area contributed by atoms with Gasteiger partial charge in [0.25, 0.3) is 0 Å². The second-order valence-corrected chi connectivity index (χ2v) is 7.86. The number of unbranched alkanes of at least 4 members (excludes halogenated alkanes) is 2. The van der Waals surface area contributed by atoms with Crippen LogP contribution in [0.1, 0.15) is 44.1 Å². The van der Waals surface area contributed by atoms with Gasteiger partial charge in [-0.2, -0.15) is 5.43 Å². The van der Waals surface area contributed by atoms with E-state index in [1.54, 1.807) is 12.1 Å². The van der Waals surface area contributed by atoms with Gasteiger partial charge in [-0.1, -0.05) is 24.3 Å². The Hall–Kier alpha value is -2.47. The normalized spacial score (nSPS) is 12.8. The lowest BCUT2D eigenvalue weighted by atomic mass is 9.77. The molecule has 2 atom stereocenters. The summed E-state index contributed by atoms with van der Waals surface area (Å²) in [4.78, 5) is 26.1. The Morgan fingerprint density at radius 3 is 2.44 bits per heavy atom. The molecule has 0 bridgehead atoms. The maximum atomic E-state index is 12.5. The summed E-state index contributed by atoms with van der Waals surface area (Å²) in [5.41, 5.74) is 9.54. The van der Waals surface area contributed by atoms with Crippen molar-refractivity contribution in [3.05, 3.63) is 29.8 Å². The van der Waals surface area contributed by atoms with Crippen LogP contribution in [0.5, 0.6) is 0 Å². The predicted octanol–water partition coefficient (Wildman–Crippen LogP) is -2.68. The van der Waals surface area contributed by atoms with Crippen LogP contribution in [0.15, 0.2) is 24.3 Å². The highest BCUT2D eigenvalue weighted by Gasteiger charge is 2.26. The van der Waals surface area contributed by atoms with Crippen LogP contribution < -0.4 is 27.0 Å². The zero-order chi connectivity index (χ0) is 23.9. The fraction of sp³-hybridized carbons (Fsp3) is 0.571. The molecule has 1 aromatic rings. The molecule has 0 radical (unpaired) electrons. The van der Waals surface area contributed by atoms with Crippen molar-refractivity contribution < 1.29 is 29.8 Å². The Morgan fingerprint density at radius 2 is 1.81 bits per heavy atom. The molecule has 8 N–H and O–H groups in total. The first-order valence-electron chi connectivity index (χ1n) is 10.9. The second kappa shape index (κ2) is 15.4. The fourth-order valence-corrected chi connectivity index (χ4v) is 3.44. The first-order chi connectivity index (χ1) is 15.3. The minimum atomic E-state index is -1.52. The average molecular weight is 450 g/mol. The number of hydrazone groups is 1. The van der Waals surface area contributed by atoms with Crippen LogP contribution in [0, 0.1) is 0 Å². The number of nitrogens with two attached hydrogens (primary N) is 1. The first kappa shape index (κ1) is 27.6. The van der Waals surface area contributed by atoms with Gasteiger partial charge in [0.15, 0.2) is 12.8 Å². The average Bonchev–Trinajstić information content (AvgIpc) is 2.75. The topological polar surface area (TPSA) is 162 Å². The number of hydrogen-bond acceptors (Lipinski definition) is 7. The Labute approximate surface area is 190 Å². The van der Waals surface area contributed by atoms with Crippen LogP contribution in [0.4, 0.5) is 0 Å². The number of benzene rings is 1. The van der Waals surface area contributed by atoms with E-state index in [2.05, 4.69) is 22.6 Å². The number of carbonyl (C=O) groups is 2. The van der Waals surface area contributed by atoms with E-state index < -0.39 is 25.2 Å². The summed E-state index contributed by atoms with van der Waals surface area (Å²) in [6.45, 7) is 5.23. The fourth-order valence-electron chi connectivity index (χ4n) is 3.44. The molecule has 32 heavy (non-hydrogen) atoms. The van der Waals surface area contributed by atoms with E-state index in [0.717, 1.165) is 24.8 Å². The molecule has 11 heteroatoms. The third kappa shape index (κ3) is 10.2. The van der Waals surface area contributed by atoms with E-state index in [1.807, 2.05) is 24.1 Å². The van der Waals surface area contributed by atoms with Crippen molar-refractivity contribution in [2.24, 2.45) is 5.73 Å². The quantitative estimate of drug-likeness (QED) is 0.0585. The summed E-state index contributed by atoms with van der Waals surface area (Å²) >= 11 is 0. The highest BCUT2D eigenvalue weighted by molar-refractivity contribution is 6.59. The van der Waals surface area contributed by atoms with E-state index in [1.165, 1.54) is 0 Å². The van der Waals surface area contributed by atoms with Gasteiger partial charge in [0.2, 0.25) is 5.91 Å². The van der Waals surface area contributed by atoms with E-state index in [-0.39, 0.29) is 5.91 Å². The molecule has 2 unspecified atom stereocenters. The molecule has 178 valence electrons. The molecule has 0 aromatic heterocycles. The number of carboxylic acid groups (broad SMARTS) is 1. The van der Waals surface area contributed by atoms with E-state index in [4.69, 9.17) is 5.73 Å². The molecule has 0 aliphatic rings. The summed E-state index contributed by atoms with van der Waals surface area (Å²) in [6, 6.07) is 5.56. The number of carboxylic acids is 1. The van der Waals surface area contributed by atoms with Gasteiger partial charge >= 0.3 is 13.1 Å². The van der Waals surface area contributed by atoms with Crippen molar-refractivity contribution in [1.29, 1.82) is 0 Å². The van der Waals surface area contributed by atoms with Gasteiger partial charge in [0.1, 0.15) is 6.04 Å². The van der Waals surface area contributed by atoms with Crippen LogP contribution in [-0.4, -0.2) is 78.0 Å². The highest BCUT2D eigenvalue weighted by Crippen LogP contribution is 2.07. The van der Waals surface area contributed by atoms with Gasteiger partial charge in [-0.3, -0.25) is 4.79 Å². The van der Waals surface area contributed by atoms with Gasteiger partial charge in [0, 0.05) is 6.54 Å². The molecular weight excluding hydrogens is 413 g/mol. The van der Waals surface area contributed by atoms with Crippen LogP contribution in [0.2, 0.25) is 0 Å². The van der Waals surface area contributed by atoms with Crippen LogP contribution >= 0.6 is 0 Å². The Kier molecular flexibility index (Phi) is 13.2. The molecule has 1 aromatic carbocycles. The Bertz CT molecular complexity index is 722. The number of amides is 1. The molecule has 0 heterocycles. The molecule has 0 saturated heterocycles. The molecule has 1 amide bonds. The second-order valence-electron chi connectivity index (χ2n) is 7.86. The summed E-state index contributed by atoms with van der Waals surface area (Å²) in [5, 5.41) is 33.6. The summed E-state index contributed by atoms with van der Waals surface area (Å²) in [7, 11) is 0.396. The van der Waals surface area contributed by atoms with Gasteiger partial charge in [0.05, 0.1) is 0 Å². The monoisotopic (exact) mass is 450 g/mol. The molecular formula is C21H37BN5O5+. The van der Waals surface area contributed by atoms with Crippen molar-refractivity contribution in [3.63, 3.8) is 0 Å². The van der Waals surface area contributed by atoms with Gasteiger partial charge in [-0.05, 0) is 69.7 Å². The summed E-state index contributed by atoms with van der Waals surface area (Å²) in [6.07, 6.45) is 3.70. The molecule has 0 fully saturated rings. The highest BCUT2D eigenvalue weighted by atomic mass is 16.4. The molecule has 0 saturated carbocycles. The van der Waals surface area contributed by atoms with Crippen molar-refractivity contribution in [3.8, 4) is 0 Å². The third-order valence-electron chi connectivity index (χ3n) is 5.21. The third-order valence-corrected chi connectivity index (χ3v) is 5.21. The zero-order valence-corrected chi connectivity index (χ0v) is 18.8. The zero-order valence-electron chi connectivity index (χ0n) is 18.8. The van der Waals surface area contributed by atoms with Gasteiger partial charge in [-0.25, -0.2) is 4.79 Å². The molecule has 0 aliphatic carbocycles. The van der Waals surface area contributed by atoms with Crippen LogP contribution in [0.3, 0.4) is 0 Å². The van der Waals surface area contributed by atoms with Crippen LogP contribution in [-0.2, 0) is 16.1 Å². The smallest absolute Gasteiger partial charge is 0.480 e. The number of hydrogen-bond donors (Lipinski definition) is 7. The van der Waals surface area contributed by atoms with Gasteiger partial charge < -0.3 is 31.1 Å². The lowest BCUT2D eigenvalue weighted by molar-refractivity contribution is -0.522. The minimum Gasteiger partial charge on any atom is -0.480 e. The maximum Gasteiger partial charge on any atom is 0.488 e. The number of nitrogens with zero attached hydrogens (tertiary/aromatic N) is 1. The number of aliphatic carboxylic acids is 1. The lowest BCUT2D eigenvalue weighted by Gasteiger charge is -2.20. The Morgan fingerprint density at radius 1 is 1.16 bits per heavy atom. The summed E-state index contributed by atoms with van der Waals surface area (Å²) < 4.78 is 0. The number of carbonyl (C=O) groups excluding carboxylic acids is 1. The maximum absolute atomic E-state index is 12.5. The van der Waals surface area contributed by atoms with Crippen molar-refractivity contribution in [2.75, 3.05) is 20.1 Å². The molecule has 10 nitrogen and oxygen atoms in total. The largest absolute Gasteiger partial charge is 0.488 e. The van der Waals surface area contributed by atoms with Crippen LogP contribution in [0.25, 0.3) is 0 Å². The van der Waals surface area contributed by atoms with Gasteiger partial charge in [-0.15, -0.1) is 5.10 Å². The lowest BCUT2D eigenvalue weighted by Crippen LogP contribution is -2.82. The molecule has 0 spiro atoms. The molecule has 1 rings (SSSR count). The van der Waals surface area contributed by atoms with Crippen molar-refractivity contribution in [1.82, 2.24) is 15.6 Å². The molecule has 0 aliphatic heterocycles. The van der Waals surface area contributed by atoms with E-state index in [0.29, 0.717) is 44.4 Å². The standard InChI is InChI=1S/C21H36BN5O5/c1-24-26-18(11-5-7-13-23)20(28)25-19(21(29)30)12-6-8-14-27(2)15-16-9-3-4-10-17(16)22(31)32/h3-4,9-10,18-19,26,31-32H,1,5-8,11-15,23H2,2H3,(H,25,28)(H,29,30)/p+1. The minimum absolute atomic E-state index is 0.314. The Balaban J connectivity index is 2.49. The SMILES string of the molecule is C=[NH+]NC(CCCCN)C(=O)NC(CCCCN(C)Cc1ccccc1B(O)O)C(=O)O. The van der Waals surface area contributed by atoms with Crippen molar-refractivity contribution in [2.45, 2.75) is 57.2 Å².